The van der Waals surface area contributed by atoms with E-state index >= 15 is 0 Å². The molecule has 108 valence electrons. The number of aliphatic carboxylic acids is 1. The maximum atomic E-state index is 13.6. The highest BCUT2D eigenvalue weighted by atomic mass is 19.1. The van der Waals surface area contributed by atoms with Gasteiger partial charge in [-0.2, -0.15) is 0 Å². The van der Waals surface area contributed by atoms with E-state index in [1.165, 1.54) is 25.2 Å². The van der Waals surface area contributed by atoms with Crippen LogP contribution < -0.4 is 4.90 Å². The Morgan fingerprint density at radius 2 is 2.05 bits per heavy atom. The fourth-order valence-electron chi connectivity index (χ4n) is 2.28. The van der Waals surface area contributed by atoms with Crippen LogP contribution >= 0.6 is 0 Å². The van der Waals surface area contributed by atoms with Crippen LogP contribution in [-0.4, -0.2) is 52.9 Å². The zero-order valence-electron chi connectivity index (χ0n) is 10.9. The molecule has 1 saturated heterocycles. The van der Waals surface area contributed by atoms with E-state index in [0.717, 1.165) is 9.80 Å². The van der Waals surface area contributed by atoms with Crippen LogP contribution in [0.4, 0.5) is 14.9 Å². The van der Waals surface area contributed by atoms with Crippen molar-refractivity contribution in [3.63, 3.8) is 0 Å². The van der Waals surface area contributed by atoms with Crippen molar-refractivity contribution in [2.45, 2.75) is 18.6 Å². The first-order valence-electron chi connectivity index (χ1n) is 6.11. The van der Waals surface area contributed by atoms with Gasteiger partial charge in [0, 0.05) is 20.0 Å². The van der Waals surface area contributed by atoms with Crippen LogP contribution in [0.1, 0.15) is 6.42 Å². The maximum absolute atomic E-state index is 13.6. The van der Waals surface area contributed by atoms with Crippen molar-refractivity contribution in [1.29, 1.82) is 0 Å². The summed E-state index contributed by atoms with van der Waals surface area (Å²) in [5, 5.41) is 18.6. The molecular formula is C13H15FN2O4. The quantitative estimate of drug-likeness (QED) is 0.844. The van der Waals surface area contributed by atoms with Gasteiger partial charge in [-0.15, -0.1) is 0 Å². The van der Waals surface area contributed by atoms with Crippen molar-refractivity contribution >= 4 is 17.7 Å². The van der Waals surface area contributed by atoms with Crippen LogP contribution in [0.2, 0.25) is 0 Å². The molecule has 1 aromatic carbocycles. The second kappa shape index (κ2) is 5.46. The molecule has 0 unspecified atom stereocenters. The summed E-state index contributed by atoms with van der Waals surface area (Å²) in [5.74, 6) is -1.76. The van der Waals surface area contributed by atoms with Gasteiger partial charge in [-0.25, -0.2) is 14.0 Å². The van der Waals surface area contributed by atoms with E-state index in [1.54, 1.807) is 6.07 Å². The zero-order chi connectivity index (χ0) is 14.9. The monoisotopic (exact) mass is 282 g/mol. The number of urea groups is 1. The number of para-hydroxylation sites is 1. The number of hydrogen-bond donors (Lipinski definition) is 2. The van der Waals surface area contributed by atoms with Crippen LogP contribution in [-0.2, 0) is 4.79 Å². The molecule has 0 saturated carbocycles. The fourth-order valence-corrected chi connectivity index (χ4v) is 2.28. The molecule has 0 aromatic heterocycles. The molecule has 0 spiro atoms. The van der Waals surface area contributed by atoms with Crippen LogP contribution in [0.5, 0.6) is 0 Å². The average molecular weight is 282 g/mol. The molecule has 0 bridgehead atoms. The number of anilines is 1. The van der Waals surface area contributed by atoms with E-state index in [0.29, 0.717) is 0 Å². The molecule has 0 radical (unpaired) electrons. The number of aliphatic hydroxyl groups is 1. The number of rotatable bonds is 2. The number of aliphatic hydroxyl groups excluding tert-OH is 1. The first kappa shape index (κ1) is 14.3. The third-order valence-corrected chi connectivity index (χ3v) is 3.31. The predicted octanol–water partition coefficient (Wildman–Crippen LogP) is 0.902. The molecule has 1 aliphatic heterocycles. The largest absolute Gasteiger partial charge is 0.480 e. The summed E-state index contributed by atoms with van der Waals surface area (Å²) in [6.45, 7) is -0.0748. The third-order valence-electron chi connectivity index (χ3n) is 3.31. The number of carboxylic acid groups (broad SMARTS) is 1. The summed E-state index contributed by atoms with van der Waals surface area (Å²) in [4.78, 5) is 25.4. The van der Waals surface area contributed by atoms with Crippen LogP contribution in [0.25, 0.3) is 0 Å². The van der Waals surface area contributed by atoms with Gasteiger partial charge in [0.05, 0.1) is 11.8 Å². The fraction of sp³-hybridized carbons (Fsp3) is 0.385. The molecule has 1 aliphatic rings. The molecule has 1 fully saturated rings. The number of carbonyl (C=O) groups excluding carboxylic acids is 1. The molecule has 2 amide bonds. The summed E-state index contributed by atoms with van der Waals surface area (Å²) in [7, 11) is 1.37. The summed E-state index contributed by atoms with van der Waals surface area (Å²) < 4.78 is 13.6. The van der Waals surface area contributed by atoms with Gasteiger partial charge < -0.3 is 15.1 Å². The van der Waals surface area contributed by atoms with Gasteiger partial charge in [-0.1, -0.05) is 12.1 Å². The Kier molecular flexibility index (Phi) is 3.89. The lowest BCUT2D eigenvalue weighted by Crippen LogP contribution is -2.47. The zero-order valence-corrected chi connectivity index (χ0v) is 10.9. The lowest BCUT2D eigenvalue weighted by Gasteiger charge is -2.27. The van der Waals surface area contributed by atoms with E-state index < -0.39 is 30.0 Å². The number of benzene rings is 1. The smallest absolute Gasteiger partial charge is 0.326 e. The van der Waals surface area contributed by atoms with Gasteiger partial charge in [0.25, 0.3) is 0 Å². The minimum Gasteiger partial charge on any atom is -0.480 e. The number of amides is 2. The van der Waals surface area contributed by atoms with Crippen LogP contribution in [0.3, 0.4) is 0 Å². The van der Waals surface area contributed by atoms with Crippen molar-refractivity contribution in [2.24, 2.45) is 0 Å². The highest BCUT2D eigenvalue weighted by Crippen LogP contribution is 2.23. The number of hydrogen-bond acceptors (Lipinski definition) is 3. The summed E-state index contributed by atoms with van der Waals surface area (Å²) in [6, 6.07) is 3.97. The number of carboxylic acids is 1. The van der Waals surface area contributed by atoms with E-state index in [2.05, 4.69) is 0 Å². The molecule has 1 heterocycles. The second-order valence-electron chi connectivity index (χ2n) is 4.69. The van der Waals surface area contributed by atoms with Gasteiger partial charge >= 0.3 is 12.0 Å². The average Bonchev–Trinajstić information content (AvgIpc) is 2.80. The Morgan fingerprint density at radius 3 is 2.65 bits per heavy atom. The Labute approximate surface area is 115 Å². The van der Waals surface area contributed by atoms with Gasteiger partial charge in [0.2, 0.25) is 0 Å². The maximum Gasteiger partial charge on any atom is 0.326 e. The molecule has 2 N–H and O–H groups in total. The topological polar surface area (TPSA) is 81.1 Å². The molecule has 20 heavy (non-hydrogen) atoms. The molecule has 6 nitrogen and oxygen atoms in total. The number of nitrogens with zero attached hydrogens (tertiary/aromatic N) is 2. The molecular weight excluding hydrogens is 267 g/mol. The van der Waals surface area contributed by atoms with Crippen molar-refractivity contribution in [2.75, 3.05) is 18.5 Å². The second-order valence-corrected chi connectivity index (χ2v) is 4.69. The lowest BCUT2D eigenvalue weighted by molar-refractivity contribution is -0.141. The first-order chi connectivity index (χ1) is 9.41. The third kappa shape index (κ3) is 2.57. The Balaban J connectivity index is 2.22. The minimum atomic E-state index is -1.18. The standard InChI is InChI=1S/C13H15FN2O4/c1-15(10-5-3-2-4-9(10)14)13(20)16-7-8(17)6-11(16)12(18)19/h2-5,8,11,17H,6-7H2,1H3,(H,18,19)/t8-,11-/m1/s1. The predicted molar refractivity (Wildman–Crippen MR) is 69.0 cm³/mol. The molecule has 2 rings (SSSR count). The molecule has 7 heteroatoms. The normalized spacial score (nSPS) is 21.9. The highest BCUT2D eigenvalue weighted by molar-refractivity contribution is 5.94. The Hall–Kier alpha value is -2.15. The summed E-state index contributed by atoms with van der Waals surface area (Å²) in [6.07, 6.45) is -0.902. The minimum absolute atomic E-state index is 0.0216. The van der Waals surface area contributed by atoms with Crippen molar-refractivity contribution < 1.29 is 24.2 Å². The van der Waals surface area contributed by atoms with E-state index in [1.807, 2.05) is 0 Å². The SMILES string of the molecule is CN(C(=O)N1C[C@H](O)C[C@@H]1C(=O)O)c1ccccc1F. The van der Waals surface area contributed by atoms with Crippen LogP contribution in [0.15, 0.2) is 24.3 Å². The molecule has 2 atom stereocenters. The van der Waals surface area contributed by atoms with E-state index in [9.17, 15) is 19.1 Å². The lowest BCUT2D eigenvalue weighted by atomic mass is 10.2. The number of β-amino-alcohol motifs (C(OH)–C–C–N with tert-alkyl or cyclic N) is 1. The highest BCUT2D eigenvalue weighted by Gasteiger charge is 2.40. The van der Waals surface area contributed by atoms with Gasteiger partial charge in [-0.05, 0) is 12.1 Å². The first-order valence-corrected chi connectivity index (χ1v) is 6.11. The number of likely N-dealkylation sites (tertiary alicyclic amines) is 1. The van der Waals surface area contributed by atoms with E-state index in [4.69, 9.17) is 5.11 Å². The Morgan fingerprint density at radius 1 is 1.40 bits per heavy atom. The Bertz CT molecular complexity index is 537. The van der Waals surface area contributed by atoms with Crippen molar-refractivity contribution in [1.82, 2.24) is 4.90 Å². The van der Waals surface area contributed by atoms with Crippen molar-refractivity contribution in [3.05, 3.63) is 30.1 Å². The van der Waals surface area contributed by atoms with Gasteiger partial charge in [-0.3, -0.25) is 4.90 Å². The van der Waals surface area contributed by atoms with Crippen molar-refractivity contribution in [3.8, 4) is 0 Å². The number of halogens is 1. The van der Waals surface area contributed by atoms with Crippen LogP contribution in [0, 0.1) is 5.82 Å². The molecule has 0 aliphatic carbocycles. The van der Waals surface area contributed by atoms with E-state index in [-0.39, 0.29) is 18.7 Å². The molecule has 1 aromatic rings. The summed E-state index contributed by atoms with van der Waals surface area (Å²) >= 11 is 0. The van der Waals surface area contributed by atoms with Gasteiger partial charge in [0.15, 0.2) is 0 Å². The number of carbonyl (C=O) groups is 2. The van der Waals surface area contributed by atoms with Gasteiger partial charge in [0.1, 0.15) is 11.9 Å². The summed E-state index contributed by atoms with van der Waals surface area (Å²) in [5.41, 5.74) is 0.0584.